The average Bonchev–Trinajstić information content (AvgIpc) is 3.02. The molecule has 6 heteroatoms. The summed E-state index contributed by atoms with van der Waals surface area (Å²) in [6, 6.07) is 16.1. The van der Waals surface area contributed by atoms with Crippen LogP contribution in [0.25, 0.3) is 16.6 Å². The molecule has 0 radical (unpaired) electrons. The number of rotatable bonds is 2. The van der Waals surface area contributed by atoms with Gasteiger partial charge in [-0.3, -0.25) is 9.36 Å². The molecule has 1 N–H and O–H groups in total. The summed E-state index contributed by atoms with van der Waals surface area (Å²) >= 11 is 0. The first-order valence-corrected chi connectivity index (χ1v) is 7.36. The van der Waals surface area contributed by atoms with Gasteiger partial charge in [0, 0.05) is 11.1 Å². The van der Waals surface area contributed by atoms with Crippen LogP contribution in [0.15, 0.2) is 64.5 Å². The van der Waals surface area contributed by atoms with Crippen LogP contribution in [0.2, 0.25) is 0 Å². The fraction of sp³-hybridized carbons (Fsp3) is 0.0556. The standard InChI is InChI=1S/C18H12N2O4/c21-15-10-13(19-24-15)16-17(22)12-8-4-5-9-14(12)20(18(16)23)11-6-2-1-3-7-11/h1-9,22H,10H2. The van der Waals surface area contributed by atoms with E-state index < -0.39 is 11.5 Å². The van der Waals surface area contributed by atoms with E-state index in [2.05, 4.69) is 9.99 Å². The molecule has 0 spiro atoms. The second kappa shape index (κ2) is 5.34. The van der Waals surface area contributed by atoms with Crippen molar-refractivity contribution in [2.45, 2.75) is 6.42 Å². The van der Waals surface area contributed by atoms with Crippen LogP contribution in [0.1, 0.15) is 12.0 Å². The summed E-state index contributed by atoms with van der Waals surface area (Å²) in [5, 5.41) is 14.7. The van der Waals surface area contributed by atoms with Gasteiger partial charge in [0.2, 0.25) is 0 Å². The monoisotopic (exact) mass is 320 g/mol. The van der Waals surface area contributed by atoms with Crippen molar-refractivity contribution in [2.24, 2.45) is 5.16 Å². The molecular formula is C18H12N2O4. The van der Waals surface area contributed by atoms with E-state index in [0.29, 0.717) is 16.6 Å². The number of para-hydroxylation sites is 2. The zero-order valence-electron chi connectivity index (χ0n) is 12.5. The summed E-state index contributed by atoms with van der Waals surface area (Å²) < 4.78 is 1.50. The second-order valence-corrected chi connectivity index (χ2v) is 5.39. The first-order chi connectivity index (χ1) is 11.7. The average molecular weight is 320 g/mol. The van der Waals surface area contributed by atoms with Gasteiger partial charge in [-0.2, -0.15) is 0 Å². The van der Waals surface area contributed by atoms with Crippen LogP contribution in [-0.4, -0.2) is 21.4 Å². The first kappa shape index (κ1) is 14.2. The highest BCUT2D eigenvalue weighted by Gasteiger charge is 2.27. The predicted octanol–water partition coefficient (Wildman–Crippen LogP) is 2.35. The van der Waals surface area contributed by atoms with Gasteiger partial charge < -0.3 is 9.94 Å². The Bertz CT molecular complexity index is 1050. The highest BCUT2D eigenvalue weighted by Crippen LogP contribution is 2.29. The number of hydrogen-bond donors (Lipinski definition) is 1. The summed E-state index contributed by atoms with van der Waals surface area (Å²) in [6.07, 6.45) is -0.143. The molecule has 118 valence electrons. The van der Waals surface area contributed by atoms with E-state index in [1.165, 1.54) is 4.57 Å². The Morgan fingerprint density at radius 3 is 2.42 bits per heavy atom. The van der Waals surface area contributed by atoms with E-state index in [9.17, 15) is 14.7 Å². The zero-order chi connectivity index (χ0) is 16.7. The van der Waals surface area contributed by atoms with E-state index in [0.717, 1.165) is 0 Å². The number of aromatic nitrogens is 1. The van der Waals surface area contributed by atoms with E-state index in [-0.39, 0.29) is 23.4 Å². The Hall–Kier alpha value is -3.41. The van der Waals surface area contributed by atoms with E-state index in [1.54, 1.807) is 36.4 Å². The number of hydrogen-bond acceptors (Lipinski definition) is 5. The smallest absolute Gasteiger partial charge is 0.341 e. The minimum Gasteiger partial charge on any atom is -0.506 e. The topological polar surface area (TPSA) is 80.9 Å². The normalized spacial score (nSPS) is 13.8. The molecule has 1 aliphatic heterocycles. The number of carbonyl (C=O) groups is 1. The molecule has 24 heavy (non-hydrogen) atoms. The molecule has 0 bridgehead atoms. The second-order valence-electron chi connectivity index (χ2n) is 5.39. The van der Waals surface area contributed by atoms with Crippen molar-refractivity contribution >= 4 is 22.6 Å². The van der Waals surface area contributed by atoms with Gasteiger partial charge in [0.05, 0.1) is 11.9 Å². The SMILES string of the molecule is O=C1CC(c2c(O)c3ccccc3n(-c3ccccc3)c2=O)=NO1. The van der Waals surface area contributed by atoms with Crippen molar-refractivity contribution < 1.29 is 14.7 Å². The highest BCUT2D eigenvalue weighted by molar-refractivity contribution is 6.14. The molecule has 2 heterocycles. The molecule has 0 atom stereocenters. The summed E-state index contributed by atoms with van der Waals surface area (Å²) in [5.41, 5.74) is 0.905. The van der Waals surface area contributed by atoms with Crippen LogP contribution >= 0.6 is 0 Å². The van der Waals surface area contributed by atoms with Gasteiger partial charge in [0.25, 0.3) is 5.56 Å². The number of nitrogens with zero attached hydrogens (tertiary/aromatic N) is 2. The number of oxime groups is 1. The van der Waals surface area contributed by atoms with Crippen LogP contribution in [0.5, 0.6) is 5.75 Å². The van der Waals surface area contributed by atoms with Crippen molar-refractivity contribution in [1.29, 1.82) is 0 Å². The maximum absolute atomic E-state index is 13.1. The largest absolute Gasteiger partial charge is 0.506 e. The molecule has 0 fully saturated rings. The highest BCUT2D eigenvalue weighted by atomic mass is 16.7. The lowest BCUT2D eigenvalue weighted by molar-refractivity contribution is -0.140. The van der Waals surface area contributed by atoms with Crippen LogP contribution in [0.3, 0.4) is 0 Å². The lowest BCUT2D eigenvalue weighted by Gasteiger charge is -2.14. The summed E-state index contributed by atoms with van der Waals surface area (Å²) in [7, 11) is 0. The van der Waals surface area contributed by atoms with Crippen molar-refractivity contribution in [3.05, 3.63) is 70.5 Å². The fourth-order valence-corrected chi connectivity index (χ4v) is 2.86. The van der Waals surface area contributed by atoms with E-state index in [4.69, 9.17) is 0 Å². The van der Waals surface area contributed by atoms with Crippen molar-refractivity contribution in [3.63, 3.8) is 0 Å². The molecule has 3 aromatic rings. The maximum Gasteiger partial charge on any atom is 0.341 e. The van der Waals surface area contributed by atoms with Crippen molar-refractivity contribution in [2.75, 3.05) is 0 Å². The number of carbonyl (C=O) groups excluding carboxylic acids is 1. The molecule has 0 saturated heterocycles. The van der Waals surface area contributed by atoms with Crippen LogP contribution in [0, 0.1) is 0 Å². The molecule has 1 aliphatic rings. The van der Waals surface area contributed by atoms with E-state index >= 15 is 0 Å². The number of aromatic hydroxyl groups is 1. The lowest BCUT2D eigenvalue weighted by Crippen LogP contribution is -2.26. The van der Waals surface area contributed by atoms with Gasteiger partial charge in [-0.25, -0.2) is 4.79 Å². The molecule has 0 unspecified atom stereocenters. The molecule has 0 aliphatic carbocycles. The maximum atomic E-state index is 13.1. The summed E-state index contributed by atoms with van der Waals surface area (Å²) in [6.45, 7) is 0. The van der Waals surface area contributed by atoms with Gasteiger partial charge in [-0.05, 0) is 24.3 Å². The minimum absolute atomic E-state index is 0.0107. The Morgan fingerprint density at radius 2 is 1.71 bits per heavy atom. The third kappa shape index (κ3) is 2.08. The predicted molar refractivity (Wildman–Crippen MR) is 88.5 cm³/mol. The molecule has 0 saturated carbocycles. The van der Waals surface area contributed by atoms with Crippen LogP contribution < -0.4 is 5.56 Å². The fourth-order valence-electron chi connectivity index (χ4n) is 2.86. The van der Waals surface area contributed by atoms with Gasteiger partial charge in [-0.15, -0.1) is 0 Å². The third-order valence-electron chi connectivity index (χ3n) is 3.93. The Kier molecular flexibility index (Phi) is 3.16. The molecule has 2 aromatic carbocycles. The van der Waals surface area contributed by atoms with Crippen molar-refractivity contribution in [1.82, 2.24) is 4.57 Å². The quantitative estimate of drug-likeness (QED) is 0.735. The molecule has 6 nitrogen and oxygen atoms in total. The minimum atomic E-state index is -0.553. The molecule has 0 amide bonds. The Labute approximate surface area is 136 Å². The van der Waals surface area contributed by atoms with Gasteiger partial charge in [-0.1, -0.05) is 35.5 Å². The zero-order valence-corrected chi connectivity index (χ0v) is 12.5. The number of benzene rings is 2. The Morgan fingerprint density at radius 1 is 1.00 bits per heavy atom. The van der Waals surface area contributed by atoms with Crippen molar-refractivity contribution in [3.8, 4) is 11.4 Å². The van der Waals surface area contributed by atoms with Crippen LogP contribution in [-0.2, 0) is 9.63 Å². The molecule has 1 aromatic heterocycles. The summed E-state index contributed by atoms with van der Waals surface area (Å²) in [5.74, 6) is -0.747. The van der Waals surface area contributed by atoms with Gasteiger partial charge in [0.1, 0.15) is 17.0 Å². The van der Waals surface area contributed by atoms with Gasteiger partial charge in [0.15, 0.2) is 0 Å². The first-order valence-electron chi connectivity index (χ1n) is 7.36. The molecular weight excluding hydrogens is 308 g/mol. The van der Waals surface area contributed by atoms with E-state index in [1.807, 2.05) is 18.2 Å². The number of fused-ring (bicyclic) bond motifs is 1. The van der Waals surface area contributed by atoms with Crippen LogP contribution in [0.4, 0.5) is 0 Å². The number of pyridine rings is 1. The molecule has 4 rings (SSSR count). The lowest BCUT2D eigenvalue weighted by atomic mass is 10.0. The van der Waals surface area contributed by atoms with Gasteiger partial charge >= 0.3 is 5.97 Å². The summed E-state index contributed by atoms with van der Waals surface area (Å²) in [4.78, 5) is 29.0. The Balaban J connectivity index is 2.12. The third-order valence-corrected chi connectivity index (χ3v) is 3.93.